The van der Waals surface area contributed by atoms with Crippen LogP contribution in [0.15, 0.2) is 40.8 Å². The maximum absolute atomic E-state index is 8.84. The van der Waals surface area contributed by atoms with E-state index in [1.807, 2.05) is 30.3 Å². The second-order valence-electron chi connectivity index (χ2n) is 3.74. The lowest BCUT2D eigenvalue weighted by molar-refractivity contribution is 0.498. The molecule has 2 aromatic rings. The number of furan rings is 1. The van der Waals surface area contributed by atoms with Gasteiger partial charge in [0.2, 0.25) is 0 Å². The van der Waals surface area contributed by atoms with E-state index in [0.717, 1.165) is 30.2 Å². The molecular weight excluding hydrogens is 212 g/mol. The minimum Gasteiger partial charge on any atom is -0.460 e. The molecule has 0 spiro atoms. The van der Waals surface area contributed by atoms with E-state index in [9.17, 15) is 0 Å². The summed E-state index contributed by atoms with van der Waals surface area (Å²) >= 11 is 0. The highest BCUT2D eigenvalue weighted by Crippen LogP contribution is 2.22. The Morgan fingerprint density at radius 2 is 2.18 bits per heavy atom. The van der Waals surface area contributed by atoms with Gasteiger partial charge in [0.25, 0.3) is 0 Å². The molecular formula is C14H14N2O. The smallest absolute Gasteiger partial charge is 0.134 e. The number of rotatable bonds is 4. The molecule has 0 aliphatic carbocycles. The summed E-state index contributed by atoms with van der Waals surface area (Å²) < 4.78 is 5.70. The fourth-order valence-corrected chi connectivity index (χ4v) is 1.62. The summed E-state index contributed by atoms with van der Waals surface area (Å²) in [5.41, 5.74) is 1.58. The Balaban J connectivity index is 2.21. The van der Waals surface area contributed by atoms with Crippen LogP contribution in [0.1, 0.15) is 18.2 Å². The highest BCUT2D eigenvalue weighted by Gasteiger charge is 2.04. The standard InChI is InChI=1S/C14H14N2O/c1-2-16-10-13-6-7-14(17-13)12-5-3-4-11(8-12)9-15/h3-8,16H,2,10H2,1H3. The molecule has 2 rings (SSSR count). The predicted molar refractivity (Wildman–Crippen MR) is 66.2 cm³/mol. The van der Waals surface area contributed by atoms with E-state index >= 15 is 0 Å². The van der Waals surface area contributed by atoms with E-state index < -0.39 is 0 Å². The van der Waals surface area contributed by atoms with Gasteiger partial charge >= 0.3 is 0 Å². The van der Waals surface area contributed by atoms with Gasteiger partial charge in [0.15, 0.2) is 0 Å². The molecule has 1 aromatic heterocycles. The number of nitrogens with one attached hydrogen (secondary N) is 1. The van der Waals surface area contributed by atoms with Crippen LogP contribution in [0.2, 0.25) is 0 Å². The van der Waals surface area contributed by atoms with Crippen LogP contribution in [0.3, 0.4) is 0 Å². The minimum atomic E-state index is 0.645. The van der Waals surface area contributed by atoms with E-state index in [-0.39, 0.29) is 0 Å². The van der Waals surface area contributed by atoms with Gasteiger partial charge < -0.3 is 9.73 Å². The first-order chi connectivity index (χ1) is 8.33. The second-order valence-corrected chi connectivity index (χ2v) is 3.74. The normalized spacial score (nSPS) is 10.1. The fourth-order valence-electron chi connectivity index (χ4n) is 1.62. The van der Waals surface area contributed by atoms with Gasteiger partial charge in [0, 0.05) is 5.56 Å². The molecule has 3 heteroatoms. The van der Waals surface area contributed by atoms with E-state index in [2.05, 4.69) is 18.3 Å². The van der Waals surface area contributed by atoms with Gasteiger partial charge in [-0.1, -0.05) is 19.1 Å². The van der Waals surface area contributed by atoms with Crippen molar-refractivity contribution in [1.29, 1.82) is 5.26 Å². The van der Waals surface area contributed by atoms with E-state index in [1.165, 1.54) is 0 Å². The SMILES string of the molecule is CCNCc1ccc(-c2cccc(C#N)c2)o1. The molecule has 17 heavy (non-hydrogen) atoms. The first kappa shape index (κ1) is 11.4. The highest BCUT2D eigenvalue weighted by atomic mass is 16.3. The van der Waals surface area contributed by atoms with Crippen LogP contribution in [0.4, 0.5) is 0 Å². The minimum absolute atomic E-state index is 0.645. The Morgan fingerprint density at radius 1 is 1.29 bits per heavy atom. The summed E-state index contributed by atoms with van der Waals surface area (Å²) in [5, 5.41) is 12.0. The molecule has 86 valence electrons. The summed E-state index contributed by atoms with van der Waals surface area (Å²) in [6.45, 7) is 3.70. The van der Waals surface area contributed by atoms with Crippen molar-refractivity contribution in [1.82, 2.24) is 5.32 Å². The molecule has 1 N–H and O–H groups in total. The third-order valence-corrected chi connectivity index (χ3v) is 2.49. The Labute approximate surface area is 101 Å². The first-order valence-corrected chi connectivity index (χ1v) is 5.63. The van der Waals surface area contributed by atoms with Crippen LogP contribution >= 0.6 is 0 Å². The van der Waals surface area contributed by atoms with Crippen molar-refractivity contribution in [2.45, 2.75) is 13.5 Å². The average Bonchev–Trinajstić information content (AvgIpc) is 2.85. The van der Waals surface area contributed by atoms with Gasteiger partial charge in [0.05, 0.1) is 18.2 Å². The Bertz CT molecular complexity index is 537. The van der Waals surface area contributed by atoms with Crippen molar-refractivity contribution in [2.75, 3.05) is 6.54 Å². The summed E-state index contributed by atoms with van der Waals surface area (Å²) in [7, 11) is 0. The monoisotopic (exact) mass is 226 g/mol. The van der Waals surface area contributed by atoms with E-state index in [4.69, 9.17) is 9.68 Å². The Kier molecular flexibility index (Phi) is 3.59. The summed E-state index contributed by atoms with van der Waals surface area (Å²) in [6, 6.07) is 13.4. The van der Waals surface area contributed by atoms with Crippen molar-refractivity contribution in [2.24, 2.45) is 0 Å². The van der Waals surface area contributed by atoms with Crippen LogP contribution in [0, 0.1) is 11.3 Å². The summed E-state index contributed by atoms with van der Waals surface area (Å²) in [4.78, 5) is 0. The zero-order chi connectivity index (χ0) is 12.1. The van der Waals surface area contributed by atoms with E-state index in [0.29, 0.717) is 5.56 Å². The van der Waals surface area contributed by atoms with Crippen LogP contribution < -0.4 is 5.32 Å². The number of benzene rings is 1. The Morgan fingerprint density at radius 3 is 2.94 bits per heavy atom. The molecule has 0 bridgehead atoms. The molecule has 0 amide bonds. The zero-order valence-electron chi connectivity index (χ0n) is 9.73. The molecule has 1 heterocycles. The number of nitriles is 1. The lowest BCUT2D eigenvalue weighted by Crippen LogP contribution is -2.10. The van der Waals surface area contributed by atoms with Gasteiger partial charge in [-0.05, 0) is 30.8 Å². The molecule has 0 atom stereocenters. The molecule has 0 radical (unpaired) electrons. The van der Waals surface area contributed by atoms with Crippen LogP contribution in [-0.4, -0.2) is 6.54 Å². The van der Waals surface area contributed by atoms with Gasteiger partial charge in [-0.2, -0.15) is 5.26 Å². The number of hydrogen-bond acceptors (Lipinski definition) is 3. The van der Waals surface area contributed by atoms with Crippen LogP contribution in [0.5, 0.6) is 0 Å². The second kappa shape index (κ2) is 5.33. The lowest BCUT2D eigenvalue weighted by Gasteiger charge is -1.99. The number of hydrogen-bond donors (Lipinski definition) is 1. The molecule has 0 aliphatic rings. The molecule has 1 aromatic carbocycles. The highest BCUT2D eigenvalue weighted by molar-refractivity contribution is 5.60. The maximum atomic E-state index is 8.84. The maximum Gasteiger partial charge on any atom is 0.134 e. The predicted octanol–water partition coefficient (Wildman–Crippen LogP) is 2.93. The fraction of sp³-hybridized carbons (Fsp3) is 0.214. The molecule has 0 aliphatic heterocycles. The molecule has 0 saturated carbocycles. The first-order valence-electron chi connectivity index (χ1n) is 5.63. The third kappa shape index (κ3) is 2.74. The quantitative estimate of drug-likeness (QED) is 0.872. The largest absolute Gasteiger partial charge is 0.460 e. The van der Waals surface area contributed by atoms with E-state index in [1.54, 1.807) is 6.07 Å². The number of nitrogens with zero attached hydrogens (tertiary/aromatic N) is 1. The summed E-state index contributed by atoms with van der Waals surface area (Å²) in [5.74, 6) is 1.71. The lowest BCUT2D eigenvalue weighted by atomic mass is 10.1. The van der Waals surface area contributed by atoms with Crippen molar-refractivity contribution >= 4 is 0 Å². The molecule has 0 unspecified atom stereocenters. The van der Waals surface area contributed by atoms with Crippen molar-refractivity contribution < 1.29 is 4.42 Å². The van der Waals surface area contributed by atoms with Gasteiger partial charge in [-0.25, -0.2) is 0 Å². The third-order valence-electron chi connectivity index (χ3n) is 2.49. The van der Waals surface area contributed by atoms with Gasteiger partial charge in [0.1, 0.15) is 11.5 Å². The topological polar surface area (TPSA) is 49.0 Å². The van der Waals surface area contributed by atoms with Gasteiger partial charge in [-0.15, -0.1) is 0 Å². The van der Waals surface area contributed by atoms with Crippen LogP contribution in [-0.2, 0) is 6.54 Å². The molecule has 0 fully saturated rings. The zero-order valence-corrected chi connectivity index (χ0v) is 9.73. The van der Waals surface area contributed by atoms with Crippen molar-refractivity contribution in [3.8, 4) is 17.4 Å². The van der Waals surface area contributed by atoms with Crippen LogP contribution in [0.25, 0.3) is 11.3 Å². The van der Waals surface area contributed by atoms with Crippen molar-refractivity contribution in [3.63, 3.8) is 0 Å². The Hall–Kier alpha value is -2.05. The summed E-state index contributed by atoms with van der Waals surface area (Å²) in [6.07, 6.45) is 0. The molecule has 0 saturated heterocycles. The van der Waals surface area contributed by atoms with Gasteiger partial charge in [-0.3, -0.25) is 0 Å². The van der Waals surface area contributed by atoms with Crippen molar-refractivity contribution in [3.05, 3.63) is 47.7 Å². The average molecular weight is 226 g/mol. The molecule has 3 nitrogen and oxygen atoms in total.